The average Bonchev–Trinajstić information content (AvgIpc) is 2.38. The van der Waals surface area contributed by atoms with Crippen molar-refractivity contribution in [3.05, 3.63) is 40.3 Å². The quantitative estimate of drug-likeness (QED) is 0.834. The summed E-state index contributed by atoms with van der Waals surface area (Å²) < 4.78 is 5.12. The Morgan fingerprint density at radius 3 is 2.55 bits per heavy atom. The van der Waals surface area contributed by atoms with Gasteiger partial charge in [-0.25, -0.2) is 9.97 Å². The number of halogens is 2. The minimum absolute atomic E-state index is 0.208. The Balaban J connectivity index is 2.35. The number of aromatic nitrogens is 2. The Morgan fingerprint density at radius 1 is 1.20 bits per heavy atom. The van der Waals surface area contributed by atoms with Gasteiger partial charge in [0.25, 0.3) is 0 Å². The molecule has 0 spiro atoms. The normalized spacial score (nSPS) is 10.7. The number of nitrogens with one attached hydrogen (secondary N) is 1. The van der Waals surface area contributed by atoms with Gasteiger partial charge in [-0.05, 0) is 24.1 Å². The topological polar surface area (TPSA) is 47.0 Å². The lowest BCUT2D eigenvalue weighted by Crippen LogP contribution is -2.03. The van der Waals surface area contributed by atoms with Crippen LogP contribution in [0.25, 0.3) is 0 Å². The van der Waals surface area contributed by atoms with Crippen LogP contribution in [-0.4, -0.2) is 17.1 Å². The maximum absolute atomic E-state index is 6.13. The number of nitrogens with zero attached hydrogens (tertiary/aromatic N) is 2. The van der Waals surface area contributed by atoms with E-state index in [1.807, 2.05) is 19.9 Å². The van der Waals surface area contributed by atoms with Crippen molar-refractivity contribution in [2.75, 3.05) is 12.4 Å². The van der Waals surface area contributed by atoms with Crippen molar-refractivity contribution in [2.24, 2.45) is 0 Å². The standard InChI is InChI=1S/C14H15Cl2N3O/c1-8(2)12-13(16)17-7-18-14(12)19-9-4-5-11(20-3)10(15)6-9/h4-8H,1-3H3,(H,17,18,19). The van der Waals surface area contributed by atoms with E-state index in [1.165, 1.54) is 6.33 Å². The van der Waals surface area contributed by atoms with Crippen molar-refractivity contribution in [3.8, 4) is 5.75 Å². The molecule has 0 aliphatic heterocycles. The predicted octanol–water partition coefficient (Wildman–Crippen LogP) is 4.66. The fraction of sp³-hybridized carbons (Fsp3) is 0.286. The summed E-state index contributed by atoms with van der Waals surface area (Å²) in [4.78, 5) is 8.26. The molecule has 1 aromatic heterocycles. The molecule has 106 valence electrons. The Labute approximate surface area is 128 Å². The minimum Gasteiger partial charge on any atom is -0.495 e. The summed E-state index contributed by atoms with van der Waals surface area (Å²) in [6.07, 6.45) is 1.43. The monoisotopic (exact) mass is 311 g/mol. The van der Waals surface area contributed by atoms with Gasteiger partial charge < -0.3 is 10.1 Å². The van der Waals surface area contributed by atoms with E-state index in [1.54, 1.807) is 19.2 Å². The molecule has 20 heavy (non-hydrogen) atoms. The Kier molecular flexibility index (Phi) is 4.68. The van der Waals surface area contributed by atoms with Crippen LogP contribution in [0.15, 0.2) is 24.5 Å². The number of hydrogen-bond acceptors (Lipinski definition) is 4. The molecule has 2 rings (SSSR count). The number of anilines is 2. The average molecular weight is 312 g/mol. The van der Waals surface area contributed by atoms with E-state index >= 15 is 0 Å². The molecule has 0 unspecified atom stereocenters. The number of benzene rings is 1. The van der Waals surface area contributed by atoms with Crippen LogP contribution in [-0.2, 0) is 0 Å². The highest BCUT2D eigenvalue weighted by atomic mass is 35.5. The van der Waals surface area contributed by atoms with Crippen molar-refractivity contribution >= 4 is 34.7 Å². The van der Waals surface area contributed by atoms with Crippen LogP contribution in [0.1, 0.15) is 25.3 Å². The minimum atomic E-state index is 0.208. The van der Waals surface area contributed by atoms with Gasteiger partial charge in [0.1, 0.15) is 23.0 Å². The second kappa shape index (κ2) is 6.29. The van der Waals surface area contributed by atoms with Crippen LogP contribution >= 0.6 is 23.2 Å². The maximum atomic E-state index is 6.13. The third kappa shape index (κ3) is 3.14. The molecule has 1 aromatic carbocycles. The highest BCUT2D eigenvalue weighted by molar-refractivity contribution is 6.32. The summed E-state index contributed by atoms with van der Waals surface area (Å²) in [5.41, 5.74) is 1.69. The molecule has 4 nitrogen and oxygen atoms in total. The number of methoxy groups -OCH3 is 1. The molecule has 0 amide bonds. The number of hydrogen-bond donors (Lipinski definition) is 1. The first kappa shape index (κ1) is 14.9. The van der Waals surface area contributed by atoms with Crippen LogP contribution in [0, 0.1) is 0 Å². The molecule has 1 heterocycles. The molecule has 1 N–H and O–H groups in total. The lowest BCUT2D eigenvalue weighted by atomic mass is 10.1. The third-order valence-electron chi connectivity index (χ3n) is 2.83. The molecule has 6 heteroatoms. The van der Waals surface area contributed by atoms with E-state index < -0.39 is 0 Å². The molecule has 0 atom stereocenters. The summed E-state index contributed by atoms with van der Waals surface area (Å²) in [5.74, 6) is 1.52. The summed E-state index contributed by atoms with van der Waals surface area (Å²) in [7, 11) is 1.58. The van der Waals surface area contributed by atoms with E-state index in [9.17, 15) is 0 Å². The first-order valence-electron chi connectivity index (χ1n) is 6.14. The Bertz CT molecular complexity index is 617. The van der Waals surface area contributed by atoms with Crippen molar-refractivity contribution in [3.63, 3.8) is 0 Å². The maximum Gasteiger partial charge on any atom is 0.138 e. The molecule has 0 radical (unpaired) electrons. The molecular weight excluding hydrogens is 297 g/mol. The summed E-state index contributed by atoms with van der Waals surface area (Å²) >= 11 is 12.2. The van der Waals surface area contributed by atoms with E-state index in [2.05, 4.69) is 15.3 Å². The Hall–Kier alpha value is -1.52. The third-order valence-corrected chi connectivity index (χ3v) is 3.42. The lowest BCUT2D eigenvalue weighted by molar-refractivity contribution is 0.415. The van der Waals surface area contributed by atoms with Crippen molar-refractivity contribution in [1.82, 2.24) is 9.97 Å². The molecule has 0 bridgehead atoms. The van der Waals surface area contributed by atoms with E-state index in [0.29, 0.717) is 21.7 Å². The van der Waals surface area contributed by atoms with Gasteiger partial charge in [0.05, 0.1) is 12.1 Å². The fourth-order valence-electron chi connectivity index (χ4n) is 1.87. The molecule has 0 aliphatic carbocycles. The summed E-state index contributed by atoms with van der Waals surface area (Å²) in [6, 6.07) is 5.44. The largest absolute Gasteiger partial charge is 0.495 e. The first-order chi connectivity index (χ1) is 9.52. The Morgan fingerprint density at radius 2 is 1.95 bits per heavy atom. The smallest absolute Gasteiger partial charge is 0.138 e. The molecule has 2 aromatic rings. The highest BCUT2D eigenvalue weighted by Gasteiger charge is 2.14. The molecule has 0 saturated heterocycles. The molecule has 0 aliphatic rings. The van der Waals surface area contributed by atoms with Crippen LogP contribution in [0.4, 0.5) is 11.5 Å². The zero-order valence-electron chi connectivity index (χ0n) is 11.4. The van der Waals surface area contributed by atoms with Gasteiger partial charge in [-0.1, -0.05) is 37.0 Å². The van der Waals surface area contributed by atoms with Gasteiger partial charge in [-0.3, -0.25) is 0 Å². The number of rotatable bonds is 4. The van der Waals surface area contributed by atoms with E-state index in [-0.39, 0.29) is 5.92 Å². The number of ether oxygens (including phenoxy) is 1. The van der Waals surface area contributed by atoms with Gasteiger partial charge in [0.2, 0.25) is 0 Å². The van der Waals surface area contributed by atoms with Gasteiger partial charge in [0.15, 0.2) is 0 Å². The van der Waals surface area contributed by atoms with Gasteiger partial charge >= 0.3 is 0 Å². The highest BCUT2D eigenvalue weighted by Crippen LogP contribution is 2.32. The van der Waals surface area contributed by atoms with Gasteiger partial charge in [-0.15, -0.1) is 0 Å². The second-order valence-corrected chi connectivity index (χ2v) is 5.32. The molecule has 0 saturated carbocycles. The second-order valence-electron chi connectivity index (χ2n) is 4.56. The van der Waals surface area contributed by atoms with Gasteiger partial charge in [-0.2, -0.15) is 0 Å². The van der Waals surface area contributed by atoms with Crippen LogP contribution in [0.3, 0.4) is 0 Å². The summed E-state index contributed by atoms with van der Waals surface area (Å²) in [5, 5.41) is 4.20. The lowest BCUT2D eigenvalue weighted by Gasteiger charge is -2.14. The zero-order valence-corrected chi connectivity index (χ0v) is 13.0. The SMILES string of the molecule is COc1ccc(Nc2ncnc(Cl)c2C(C)C)cc1Cl. The van der Waals surface area contributed by atoms with Crippen molar-refractivity contribution in [2.45, 2.75) is 19.8 Å². The van der Waals surface area contributed by atoms with E-state index in [4.69, 9.17) is 27.9 Å². The van der Waals surface area contributed by atoms with Crippen LogP contribution in [0.2, 0.25) is 10.2 Å². The fourth-order valence-corrected chi connectivity index (χ4v) is 2.48. The zero-order chi connectivity index (χ0) is 14.7. The van der Waals surface area contributed by atoms with Crippen LogP contribution in [0.5, 0.6) is 5.75 Å². The van der Waals surface area contributed by atoms with Crippen molar-refractivity contribution < 1.29 is 4.74 Å². The van der Waals surface area contributed by atoms with E-state index in [0.717, 1.165) is 11.3 Å². The summed E-state index contributed by atoms with van der Waals surface area (Å²) in [6.45, 7) is 4.08. The van der Waals surface area contributed by atoms with Crippen molar-refractivity contribution in [1.29, 1.82) is 0 Å². The van der Waals surface area contributed by atoms with Crippen LogP contribution < -0.4 is 10.1 Å². The molecular formula is C14H15Cl2N3O. The predicted molar refractivity (Wildman–Crippen MR) is 82.4 cm³/mol. The molecule has 0 fully saturated rings. The first-order valence-corrected chi connectivity index (χ1v) is 6.89. The van der Waals surface area contributed by atoms with Gasteiger partial charge in [0, 0.05) is 11.3 Å².